The van der Waals surface area contributed by atoms with Gasteiger partial charge in [-0.05, 0) is 49.7 Å². The lowest BCUT2D eigenvalue weighted by atomic mass is 10.1. The predicted molar refractivity (Wildman–Crippen MR) is 131 cm³/mol. The van der Waals surface area contributed by atoms with Gasteiger partial charge in [0.05, 0.1) is 42.9 Å². The van der Waals surface area contributed by atoms with Crippen molar-refractivity contribution in [2.75, 3.05) is 18.5 Å². The SMILES string of the molecule is CCOC(=O)c1cc(CN2C(=O)c3ccccc3C2=O)sc1NC(=O)Cc1ccc(OCC)cc1. The average Bonchev–Trinajstić information content (AvgIpc) is 3.35. The Morgan fingerprint density at radius 1 is 0.943 bits per heavy atom. The van der Waals surface area contributed by atoms with Crippen molar-refractivity contribution < 1.29 is 28.7 Å². The highest BCUT2D eigenvalue weighted by atomic mass is 32.1. The Hall–Kier alpha value is -3.98. The van der Waals surface area contributed by atoms with Crippen molar-refractivity contribution >= 4 is 40.0 Å². The molecule has 1 aliphatic heterocycles. The molecule has 3 aromatic rings. The first-order valence-corrected chi connectivity index (χ1v) is 12.0. The molecule has 1 aromatic heterocycles. The molecule has 0 saturated carbocycles. The Kier molecular flexibility index (Phi) is 7.26. The molecule has 4 rings (SSSR count). The number of thiophene rings is 1. The maximum Gasteiger partial charge on any atom is 0.341 e. The highest BCUT2D eigenvalue weighted by molar-refractivity contribution is 7.16. The van der Waals surface area contributed by atoms with Crippen LogP contribution in [-0.2, 0) is 22.5 Å². The maximum absolute atomic E-state index is 12.7. The van der Waals surface area contributed by atoms with E-state index in [-0.39, 0.29) is 31.0 Å². The number of carbonyl (C=O) groups excluding carboxylic acids is 4. The third kappa shape index (κ3) is 5.25. The Labute approximate surface area is 206 Å². The van der Waals surface area contributed by atoms with Crippen LogP contribution in [-0.4, -0.2) is 41.8 Å². The van der Waals surface area contributed by atoms with Crippen molar-refractivity contribution in [3.63, 3.8) is 0 Å². The van der Waals surface area contributed by atoms with Crippen LogP contribution in [0, 0.1) is 0 Å². The molecule has 0 saturated heterocycles. The lowest BCUT2D eigenvalue weighted by molar-refractivity contribution is -0.115. The molecule has 0 aliphatic carbocycles. The van der Waals surface area contributed by atoms with E-state index in [4.69, 9.17) is 9.47 Å². The molecule has 0 bridgehead atoms. The van der Waals surface area contributed by atoms with Gasteiger partial charge in [-0.1, -0.05) is 24.3 Å². The number of anilines is 1. The van der Waals surface area contributed by atoms with Gasteiger partial charge in [0, 0.05) is 4.88 Å². The van der Waals surface area contributed by atoms with Gasteiger partial charge >= 0.3 is 5.97 Å². The van der Waals surface area contributed by atoms with Crippen molar-refractivity contribution in [2.45, 2.75) is 26.8 Å². The van der Waals surface area contributed by atoms with E-state index in [0.29, 0.717) is 27.6 Å². The van der Waals surface area contributed by atoms with Gasteiger partial charge in [-0.3, -0.25) is 19.3 Å². The summed E-state index contributed by atoms with van der Waals surface area (Å²) in [6.45, 7) is 4.29. The molecule has 0 fully saturated rings. The highest BCUT2D eigenvalue weighted by Crippen LogP contribution is 2.32. The molecule has 9 heteroatoms. The van der Waals surface area contributed by atoms with Crippen LogP contribution in [0.4, 0.5) is 5.00 Å². The molecule has 0 atom stereocenters. The fraction of sp³-hybridized carbons (Fsp3) is 0.231. The number of benzene rings is 2. The van der Waals surface area contributed by atoms with Crippen molar-refractivity contribution in [3.05, 3.63) is 81.7 Å². The molecule has 35 heavy (non-hydrogen) atoms. The van der Waals surface area contributed by atoms with E-state index in [9.17, 15) is 19.2 Å². The van der Waals surface area contributed by atoms with Crippen LogP contribution in [0.25, 0.3) is 0 Å². The first kappa shape index (κ1) is 24.2. The van der Waals surface area contributed by atoms with E-state index < -0.39 is 17.8 Å². The summed E-state index contributed by atoms with van der Waals surface area (Å²) in [6, 6.07) is 15.4. The van der Waals surface area contributed by atoms with Gasteiger partial charge in [0.15, 0.2) is 0 Å². The molecule has 1 aliphatic rings. The minimum atomic E-state index is -0.589. The van der Waals surface area contributed by atoms with Gasteiger partial charge in [0.25, 0.3) is 11.8 Å². The third-order valence-corrected chi connectivity index (χ3v) is 6.36. The predicted octanol–water partition coefficient (Wildman–Crippen LogP) is 4.30. The second kappa shape index (κ2) is 10.5. The summed E-state index contributed by atoms with van der Waals surface area (Å²) in [5, 5.41) is 3.09. The quantitative estimate of drug-likeness (QED) is 0.353. The standard InChI is InChI=1S/C26H24N2O6S/c1-3-33-17-11-9-16(10-12-17)13-22(29)27-23-21(26(32)34-4-2)14-18(35-23)15-28-24(30)19-7-5-6-8-20(19)25(28)31/h5-12,14H,3-4,13,15H2,1-2H3,(H,27,29). The monoisotopic (exact) mass is 492 g/mol. The lowest BCUT2D eigenvalue weighted by Gasteiger charge is -2.12. The van der Waals surface area contributed by atoms with E-state index in [1.165, 1.54) is 0 Å². The molecule has 0 unspecified atom stereocenters. The number of amides is 3. The van der Waals surface area contributed by atoms with Crippen LogP contribution >= 0.6 is 11.3 Å². The number of imide groups is 1. The van der Waals surface area contributed by atoms with Gasteiger partial charge in [0.2, 0.25) is 5.91 Å². The number of esters is 1. The fourth-order valence-electron chi connectivity index (χ4n) is 3.74. The molecule has 8 nitrogen and oxygen atoms in total. The summed E-state index contributed by atoms with van der Waals surface area (Å²) in [5.41, 5.74) is 1.67. The number of nitrogens with one attached hydrogen (secondary N) is 1. The molecular weight excluding hydrogens is 468 g/mol. The fourth-order valence-corrected chi connectivity index (χ4v) is 4.79. The number of nitrogens with zero attached hydrogens (tertiary/aromatic N) is 1. The van der Waals surface area contributed by atoms with Gasteiger partial charge in [-0.2, -0.15) is 0 Å². The summed E-state index contributed by atoms with van der Waals surface area (Å²) in [5.74, 6) is -0.963. The van der Waals surface area contributed by atoms with Gasteiger partial charge in [-0.25, -0.2) is 4.79 Å². The van der Waals surface area contributed by atoms with Crippen LogP contribution in [0.1, 0.15) is 55.4 Å². The van der Waals surface area contributed by atoms with Crippen LogP contribution in [0.2, 0.25) is 0 Å². The summed E-state index contributed by atoms with van der Waals surface area (Å²) >= 11 is 1.13. The third-order valence-electron chi connectivity index (χ3n) is 5.32. The van der Waals surface area contributed by atoms with Crippen molar-refractivity contribution in [3.8, 4) is 5.75 Å². The summed E-state index contributed by atoms with van der Waals surface area (Å²) in [6.07, 6.45) is 0.0975. The molecule has 0 spiro atoms. The summed E-state index contributed by atoms with van der Waals surface area (Å²) in [4.78, 5) is 52.4. The van der Waals surface area contributed by atoms with Crippen LogP contribution < -0.4 is 10.1 Å². The number of fused-ring (bicyclic) bond motifs is 1. The largest absolute Gasteiger partial charge is 0.494 e. The molecule has 2 heterocycles. The zero-order valence-electron chi connectivity index (χ0n) is 19.3. The number of carbonyl (C=O) groups is 4. The van der Waals surface area contributed by atoms with E-state index in [2.05, 4.69) is 5.32 Å². The first-order chi connectivity index (χ1) is 16.9. The molecule has 180 valence electrons. The van der Waals surface area contributed by atoms with Crippen LogP contribution in [0.15, 0.2) is 54.6 Å². The normalized spacial score (nSPS) is 12.5. The number of hydrogen-bond acceptors (Lipinski definition) is 7. The number of rotatable bonds is 9. The van der Waals surface area contributed by atoms with Crippen molar-refractivity contribution in [1.29, 1.82) is 0 Å². The second-order valence-corrected chi connectivity index (χ2v) is 8.86. The smallest absolute Gasteiger partial charge is 0.341 e. The molecule has 2 aromatic carbocycles. The van der Waals surface area contributed by atoms with E-state index in [1.54, 1.807) is 61.5 Å². The Morgan fingerprint density at radius 3 is 2.20 bits per heavy atom. The van der Waals surface area contributed by atoms with Crippen molar-refractivity contribution in [1.82, 2.24) is 4.90 Å². The molecular formula is C26H24N2O6S. The van der Waals surface area contributed by atoms with Gasteiger partial charge in [-0.15, -0.1) is 11.3 Å². The van der Waals surface area contributed by atoms with Gasteiger partial charge < -0.3 is 14.8 Å². The van der Waals surface area contributed by atoms with Crippen LogP contribution in [0.3, 0.4) is 0 Å². The Bertz CT molecular complexity index is 1250. The average molecular weight is 493 g/mol. The second-order valence-electron chi connectivity index (χ2n) is 7.72. The summed E-state index contributed by atoms with van der Waals surface area (Å²) in [7, 11) is 0. The van der Waals surface area contributed by atoms with E-state index >= 15 is 0 Å². The number of hydrogen-bond donors (Lipinski definition) is 1. The maximum atomic E-state index is 12.7. The molecule has 3 amide bonds. The first-order valence-electron chi connectivity index (χ1n) is 11.2. The van der Waals surface area contributed by atoms with Crippen molar-refractivity contribution in [2.24, 2.45) is 0 Å². The Morgan fingerprint density at radius 2 is 1.60 bits per heavy atom. The topological polar surface area (TPSA) is 102 Å². The lowest BCUT2D eigenvalue weighted by Crippen LogP contribution is -2.28. The Balaban J connectivity index is 1.51. The highest BCUT2D eigenvalue weighted by Gasteiger charge is 2.35. The van der Waals surface area contributed by atoms with E-state index in [0.717, 1.165) is 27.5 Å². The zero-order valence-corrected chi connectivity index (χ0v) is 20.1. The van der Waals surface area contributed by atoms with Gasteiger partial charge in [0.1, 0.15) is 10.8 Å². The van der Waals surface area contributed by atoms with Crippen LogP contribution in [0.5, 0.6) is 5.75 Å². The number of ether oxygens (including phenoxy) is 2. The zero-order chi connectivity index (χ0) is 24.9. The molecule has 0 radical (unpaired) electrons. The minimum absolute atomic E-state index is 0.0157. The molecule has 1 N–H and O–H groups in total. The minimum Gasteiger partial charge on any atom is -0.494 e. The van der Waals surface area contributed by atoms with E-state index in [1.807, 2.05) is 6.92 Å². The summed E-state index contributed by atoms with van der Waals surface area (Å²) < 4.78 is 10.6.